The number of rotatable bonds is 7. The van der Waals surface area contributed by atoms with Crippen molar-refractivity contribution in [3.63, 3.8) is 0 Å². The molecule has 0 spiro atoms. The first-order chi connectivity index (χ1) is 12.0. The Morgan fingerprint density at radius 1 is 1.36 bits per heavy atom. The average molecular weight is 361 g/mol. The fourth-order valence-corrected chi connectivity index (χ4v) is 3.11. The van der Waals surface area contributed by atoms with Gasteiger partial charge in [-0.3, -0.25) is 4.79 Å². The molecule has 0 bridgehead atoms. The monoisotopic (exact) mass is 361 g/mol. The van der Waals surface area contributed by atoms with Gasteiger partial charge >= 0.3 is 5.97 Å². The molecule has 2 rings (SSSR count). The lowest BCUT2D eigenvalue weighted by Gasteiger charge is -2.15. The summed E-state index contributed by atoms with van der Waals surface area (Å²) in [6, 6.07) is 5.98. The van der Waals surface area contributed by atoms with Gasteiger partial charge in [-0.05, 0) is 38.3 Å². The van der Waals surface area contributed by atoms with E-state index in [1.807, 2.05) is 25.1 Å². The van der Waals surface area contributed by atoms with Crippen LogP contribution in [0.3, 0.4) is 0 Å². The minimum atomic E-state index is -0.452. The van der Waals surface area contributed by atoms with E-state index in [0.717, 1.165) is 23.2 Å². The maximum absolute atomic E-state index is 12.5. The number of ether oxygens (including phenoxy) is 1. The standard InChI is InChI=1S/C18H23N3O3S/c1-5-13-9-7-8-11(3)15(13)21-16(22)12(4)25-18-19-10-14(20-18)17(23)24-6-2/h7-10,12H,5-6H2,1-4H3,(H,19,20)(H,21,22). The van der Waals surface area contributed by atoms with Gasteiger partial charge in [-0.1, -0.05) is 36.9 Å². The van der Waals surface area contributed by atoms with Gasteiger partial charge in [-0.25, -0.2) is 9.78 Å². The van der Waals surface area contributed by atoms with Crippen LogP contribution in [0.5, 0.6) is 0 Å². The number of esters is 1. The van der Waals surface area contributed by atoms with Crippen molar-refractivity contribution in [2.24, 2.45) is 0 Å². The Kier molecular flexibility index (Phi) is 6.64. The van der Waals surface area contributed by atoms with Crippen molar-refractivity contribution in [1.29, 1.82) is 0 Å². The first-order valence-corrected chi connectivity index (χ1v) is 9.12. The van der Waals surface area contributed by atoms with E-state index in [4.69, 9.17) is 4.74 Å². The summed E-state index contributed by atoms with van der Waals surface area (Å²) in [5.74, 6) is -0.561. The van der Waals surface area contributed by atoms with Crippen molar-refractivity contribution >= 4 is 29.3 Å². The van der Waals surface area contributed by atoms with E-state index in [2.05, 4.69) is 22.2 Å². The second-order valence-electron chi connectivity index (χ2n) is 5.53. The highest BCUT2D eigenvalue weighted by Gasteiger charge is 2.19. The van der Waals surface area contributed by atoms with Gasteiger partial charge in [-0.2, -0.15) is 0 Å². The summed E-state index contributed by atoms with van der Waals surface area (Å²) in [5, 5.41) is 3.14. The summed E-state index contributed by atoms with van der Waals surface area (Å²) in [5.41, 5.74) is 3.29. The van der Waals surface area contributed by atoms with Crippen molar-refractivity contribution in [3.8, 4) is 0 Å². The van der Waals surface area contributed by atoms with Crippen LogP contribution < -0.4 is 5.32 Å². The number of nitrogens with one attached hydrogen (secondary N) is 2. The van der Waals surface area contributed by atoms with E-state index in [-0.39, 0.29) is 16.9 Å². The molecule has 0 fully saturated rings. The van der Waals surface area contributed by atoms with Gasteiger partial charge in [0, 0.05) is 5.69 Å². The molecule has 1 amide bonds. The quantitative estimate of drug-likeness (QED) is 0.582. The van der Waals surface area contributed by atoms with Crippen molar-refractivity contribution < 1.29 is 14.3 Å². The SMILES string of the molecule is CCOC(=O)c1cnc(SC(C)C(=O)Nc2c(C)cccc2CC)[nH]1. The molecule has 0 saturated carbocycles. The predicted molar refractivity (Wildman–Crippen MR) is 99.0 cm³/mol. The van der Waals surface area contributed by atoms with Gasteiger partial charge in [-0.15, -0.1) is 0 Å². The molecule has 7 heteroatoms. The van der Waals surface area contributed by atoms with Crippen molar-refractivity contribution in [2.45, 2.75) is 44.5 Å². The molecule has 0 aliphatic heterocycles. The van der Waals surface area contributed by atoms with Crippen LogP contribution in [-0.2, 0) is 16.0 Å². The molecule has 25 heavy (non-hydrogen) atoms. The van der Waals surface area contributed by atoms with E-state index < -0.39 is 5.97 Å². The zero-order valence-corrected chi connectivity index (χ0v) is 15.7. The average Bonchev–Trinajstić information content (AvgIpc) is 3.05. The number of imidazole rings is 1. The summed E-state index contributed by atoms with van der Waals surface area (Å²) in [4.78, 5) is 31.2. The van der Waals surface area contributed by atoms with Crippen LogP contribution in [0.2, 0.25) is 0 Å². The number of nitrogens with zero attached hydrogens (tertiary/aromatic N) is 1. The van der Waals surface area contributed by atoms with Crippen LogP contribution in [-0.4, -0.2) is 33.7 Å². The van der Waals surface area contributed by atoms with Crippen molar-refractivity contribution in [3.05, 3.63) is 41.2 Å². The minimum absolute atomic E-state index is 0.108. The summed E-state index contributed by atoms with van der Waals surface area (Å²) in [6.45, 7) is 7.88. The highest BCUT2D eigenvalue weighted by Crippen LogP contribution is 2.25. The number of carbonyl (C=O) groups excluding carboxylic acids is 2. The third-order valence-corrected chi connectivity index (χ3v) is 4.69. The molecular formula is C18H23N3O3S. The maximum Gasteiger partial charge on any atom is 0.356 e. The van der Waals surface area contributed by atoms with Gasteiger partial charge in [0.15, 0.2) is 5.16 Å². The van der Waals surface area contributed by atoms with Crippen LogP contribution in [0.4, 0.5) is 5.69 Å². The zero-order valence-electron chi connectivity index (χ0n) is 14.9. The lowest BCUT2D eigenvalue weighted by atomic mass is 10.1. The third-order valence-electron chi connectivity index (χ3n) is 3.69. The third kappa shape index (κ3) is 4.85. The van der Waals surface area contributed by atoms with Crippen molar-refractivity contribution in [2.75, 3.05) is 11.9 Å². The van der Waals surface area contributed by atoms with Gasteiger partial charge in [0.2, 0.25) is 5.91 Å². The van der Waals surface area contributed by atoms with Crippen molar-refractivity contribution in [1.82, 2.24) is 9.97 Å². The maximum atomic E-state index is 12.5. The lowest BCUT2D eigenvalue weighted by molar-refractivity contribution is -0.115. The molecule has 2 N–H and O–H groups in total. The number of benzene rings is 1. The molecule has 134 valence electrons. The van der Waals surface area contributed by atoms with Gasteiger partial charge in [0.05, 0.1) is 18.1 Å². The van der Waals surface area contributed by atoms with E-state index in [9.17, 15) is 9.59 Å². The molecule has 1 atom stereocenters. The fourth-order valence-electron chi connectivity index (χ4n) is 2.32. The smallest absolute Gasteiger partial charge is 0.356 e. The molecule has 0 aliphatic rings. The Hall–Kier alpha value is -2.28. The number of H-pyrrole nitrogens is 1. The molecule has 0 aliphatic carbocycles. The molecule has 1 aromatic heterocycles. The lowest BCUT2D eigenvalue weighted by Crippen LogP contribution is -2.23. The first kappa shape index (κ1) is 19.1. The molecular weight excluding hydrogens is 338 g/mol. The highest BCUT2D eigenvalue weighted by molar-refractivity contribution is 8.00. The second-order valence-corrected chi connectivity index (χ2v) is 6.86. The Morgan fingerprint density at radius 3 is 2.80 bits per heavy atom. The van der Waals surface area contributed by atoms with Crippen LogP contribution in [0.25, 0.3) is 0 Å². The highest BCUT2D eigenvalue weighted by atomic mass is 32.2. The van der Waals surface area contributed by atoms with Gasteiger partial charge in [0.25, 0.3) is 0 Å². The number of aromatic nitrogens is 2. The summed E-state index contributed by atoms with van der Waals surface area (Å²) in [6.07, 6.45) is 2.27. The molecule has 1 heterocycles. The Bertz CT molecular complexity index is 758. The normalized spacial score (nSPS) is 11.8. The van der Waals surface area contributed by atoms with E-state index >= 15 is 0 Å². The molecule has 1 unspecified atom stereocenters. The number of thioether (sulfide) groups is 1. The molecule has 6 nitrogen and oxygen atoms in total. The van der Waals surface area contributed by atoms with Crippen LogP contribution >= 0.6 is 11.8 Å². The van der Waals surface area contributed by atoms with E-state index in [0.29, 0.717) is 11.8 Å². The van der Waals surface area contributed by atoms with E-state index in [1.165, 1.54) is 18.0 Å². The largest absolute Gasteiger partial charge is 0.461 e. The van der Waals surface area contributed by atoms with Gasteiger partial charge < -0.3 is 15.0 Å². The number of aryl methyl sites for hydroxylation is 2. The number of carbonyl (C=O) groups is 2. The first-order valence-electron chi connectivity index (χ1n) is 8.24. The van der Waals surface area contributed by atoms with Gasteiger partial charge in [0.1, 0.15) is 5.69 Å². The van der Waals surface area contributed by atoms with Crippen LogP contribution in [0.15, 0.2) is 29.6 Å². The Labute approximate surface area is 151 Å². The predicted octanol–water partition coefficient (Wildman–Crippen LogP) is 3.58. The fraction of sp³-hybridized carbons (Fsp3) is 0.389. The number of anilines is 1. The van der Waals surface area contributed by atoms with Crippen LogP contribution in [0, 0.1) is 6.92 Å². The second kappa shape index (κ2) is 8.71. The number of hydrogen-bond acceptors (Lipinski definition) is 5. The number of amides is 1. The Balaban J connectivity index is 2.03. The topological polar surface area (TPSA) is 84.1 Å². The molecule has 0 radical (unpaired) electrons. The molecule has 0 saturated heterocycles. The molecule has 2 aromatic rings. The van der Waals surface area contributed by atoms with E-state index in [1.54, 1.807) is 13.8 Å². The minimum Gasteiger partial charge on any atom is -0.461 e. The number of para-hydroxylation sites is 1. The number of aromatic amines is 1. The molecule has 1 aromatic carbocycles. The number of hydrogen-bond donors (Lipinski definition) is 2. The summed E-state index contributed by atoms with van der Waals surface area (Å²) in [7, 11) is 0. The van der Waals surface area contributed by atoms with Crippen LogP contribution in [0.1, 0.15) is 42.4 Å². The zero-order chi connectivity index (χ0) is 18.4. The Morgan fingerprint density at radius 2 is 2.12 bits per heavy atom. The summed E-state index contributed by atoms with van der Waals surface area (Å²) < 4.78 is 4.91. The summed E-state index contributed by atoms with van der Waals surface area (Å²) >= 11 is 1.26.